The van der Waals surface area contributed by atoms with Gasteiger partial charge in [0, 0.05) is 24.6 Å². The van der Waals surface area contributed by atoms with Crippen LogP contribution in [0.25, 0.3) is 0 Å². The molecule has 1 saturated carbocycles. The van der Waals surface area contributed by atoms with Gasteiger partial charge in [-0.15, -0.1) is 0 Å². The standard InChI is InChI=1S/C22H29N3O3/c1-14-18(15(2)28-24-14)13-25-12-11-22(3,27)20(23-21(26)17-9-10-17)19(25)16-7-5-4-6-8-16/h4-8,17,19-20,27H,9-13H2,1-3H3,(H,23,26). The van der Waals surface area contributed by atoms with E-state index in [-0.39, 0.29) is 23.9 Å². The summed E-state index contributed by atoms with van der Waals surface area (Å²) in [6, 6.07) is 9.64. The summed E-state index contributed by atoms with van der Waals surface area (Å²) in [7, 11) is 0. The van der Waals surface area contributed by atoms with Gasteiger partial charge >= 0.3 is 0 Å². The van der Waals surface area contributed by atoms with Gasteiger partial charge in [0.05, 0.1) is 23.4 Å². The lowest BCUT2D eigenvalue weighted by atomic mass is 9.79. The van der Waals surface area contributed by atoms with Gasteiger partial charge in [-0.05, 0) is 45.6 Å². The van der Waals surface area contributed by atoms with Crippen LogP contribution in [0.1, 0.15) is 54.8 Å². The van der Waals surface area contributed by atoms with Crippen molar-refractivity contribution in [2.45, 2.75) is 64.3 Å². The molecule has 1 aliphatic carbocycles. The van der Waals surface area contributed by atoms with Crippen molar-refractivity contribution in [3.05, 3.63) is 52.9 Å². The summed E-state index contributed by atoms with van der Waals surface area (Å²) in [5.74, 6) is 0.982. The van der Waals surface area contributed by atoms with Gasteiger partial charge in [-0.3, -0.25) is 9.69 Å². The van der Waals surface area contributed by atoms with E-state index in [1.165, 1.54) is 0 Å². The zero-order valence-corrected chi connectivity index (χ0v) is 16.8. The number of nitrogens with one attached hydrogen (secondary N) is 1. The second kappa shape index (κ2) is 7.33. The first-order chi connectivity index (χ1) is 13.4. The van der Waals surface area contributed by atoms with Crippen LogP contribution in [-0.2, 0) is 11.3 Å². The van der Waals surface area contributed by atoms with Gasteiger partial charge in [-0.1, -0.05) is 35.5 Å². The molecule has 2 aromatic rings. The average molecular weight is 383 g/mol. The summed E-state index contributed by atoms with van der Waals surface area (Å²) in [6.45, 7) is 7.13. The molecule has 28 heavy (non-hydrogen) atoms. The highest BCUT2D eigenvalue weighted by molar-refractivity contribution is 5.81. The molecular formula is C22H29N3O3. The van der Waals surface area contributed by atoms with Crippen LogP contribution in [0, 0.1) is 19.8 Å². The smallest absolute Gasteiger partial charge is 0.223 e. The van der Waals surface area contributed by atoms with Gasteiger partial charge in [0.25, 0.3) is 0 Å². The predicted octanol–water partition coefficient (Wildman–Crippen LogP) is 2.88. The molecule has 150 valence electrons. The number of rotatable bonds is 5. The van der Waals surface area contributed by atoms with Crippen molar-refractivity contribution in [2.24, 2.45) is 5.92 Å². The molecular weight excluding hydrogens is 354 g/mol. The number of aromatic nitrogens is 1. The molecule has 1 aliphatic heterocycles. The Balaban J connectivity index is 1.69. The van der Waals surface area contributed by atoms with Crippen LogP contribution in [-0.4, -0.2) is 39.3 Å². The fourth-order valence-electron chi connectivity index (χ4n) is 4.23. The molecule has 3 atom stereocenters. The van der Waals surface area contributed by atoms with Crippen LogP contribution in [0.4, 0.5) is 0 Å². The third-order valence-corrected chi connectivity index (χ3v) is 6.21. The van der Waals surface area contributed by atoms with Crippen LogP contribution in [0.3, 0.4) is 0 Å². The number of benzene rings is 1. The van der Waals surface area contributed by atoms with Crippen LogP contribution < -0.4 is 5.32 Å². The van der Waals surface area contributed by atoms with Crippen molar-refractivity contribution in [2.75, 3.05) is 6.54 Å². The zero-order valence-electron chi connectivity index (χ0n) is 16.8. The molecule has 0 spiro atoms. The molecule has 0 radical (unpaired) electrons. The number of aliphatic hydroxyl groups is 1. The molecule has 1 saturated heterocycles. The molecule has 1 amide bonds. The molecule has 1 aromatic heterocycles. The molecule has 2 aliphatic rings. The van der Waals surface area contributed by atoms with Crippen molar-refractivity contribution in [1.82, 2.24) is 15.4 Å². The number of amides is 1. The van der Waals surface area contributed by atoms with Crippen LogP contribution in [0.5, 0.6) is 0 Å². The highest BCUT2D eigenvalue weighted by Gasteiger charge is 2.47. The molecule has 3 unspecified atom stereocenters. The Labute approximate surface area is 165 Å². The van der Waals surface area contributed by atoms with Gasteiger partial charge in [-0.2, -0.15) is 0 Å². The van der Waals surface area contributed by atoms with E-state index < -0.39 is 5.60 Å². The molecule has 4 rings (SSSR count). The topological polar surface area (TPSA) is 78.6 Å². The van der Waals surface area contributed by atoms with Crippen molar-refractivity contribution in [3.8, 4) is 0 Å². The minimum absolute atomic E-state index is 0.0606. The summed E-state index contributed by atoms with van der Waals surface area (Å²) in [5.41, 5.74) is 2.09. The van der Waals surface area contributed by atoms with E-state index in [0.29, 0.717) is 13.0 Å². The average Bonchev–Trinajstić information content (AvgIpc) is 3.47. The van der Waals surface area contributed by atoms with E-state index in [0.717, 1.165) is 42.0 Å². The fraction of sp³-hybridized carbons (Fsp3) is 0.545. The van der Waals surface area contributed by atoms with Crippen molar-refractivity contribution >= 4 is 5.91 Å². The Hall–Kier alpha value is -2.18. The minimum Gasteiger partial charge on any atom is -0.388 e. The summed E-state index contributed by atoms with van der Waals surface area (Å²) >= 11 is 0. The number of hydrogen-bond donors (Lipinski definition) is 2. The predicted molar refractivity (Wildman–Crippen MR) is 105 cm³/mol. The van der Waals surface area contributed by atoms with Crippen LogP contribution in [0.2, 0.25) is 0 Å². The van der Waals surface area contributed by atoms with Gasteiger partial charge in [0.15, 0.2) is 0 Å². The Kier molecular flexibility index (Phi) is 5.02. The molecule has 0 bridgehead atoms. The zero-order chi connectivity index (χ0) is 19.9. The van der Waals surface area contributed by atoms with E-state index in [4.69, 9.17) is 4.52 Å². The Bertz CT molecular complexity index is 822. The number of likely N-dealkylation sites (tertiary alicyclic amines) is 1. The summed E-state index contributed by atoms with van der Waals surface area (Å²) in [4.78, 5) is 14.9. The first-order valence-electron chi connectivity index (χ1n) is 10.1. The number of piperidine rings is 1. The Morgan fingerprint density at radius 3 is 2.64 bits per heavy atom. The van der Waals surface area contributed by atoms with E-state index in [1.807, 2.05) is 39.0 Å². The van der Waals surface area contributed by atoms with Gasteiger partial charge in [-0.25, -0.2) is 0 Å². The Morgan fingerprint density at radius 2 is 2.04 bits per heavy atom. The van der Waals surface area contributed by atoms with Crippen molar-refractivity contribution in [1.29, 1.82) is 0 Å². The molecule has 2 N–H and O–H groups in total. The highest BCUT2D eigenvalue weighted by atomic mass is 16.5. The van der Waals surface area contributed by atoms with Crippen molar-refractivity contribution in [3.63, 3.8) is 0 Å². The van der Waals surface area contributed by atoms with E-state index in [2.05, 4.69) is 27.5 Å². The lowest BCUT2D eigenvalue weighted by Crippen LogP contribution is -2.62. The second-order valence-electron chi connectivity index (χ2n) is 8.50. The largest absolute Gasteiger partial charge is 0.388 e. The fourth-order valence-corrected chi connectivity index (χ4v) is 4.23. The van der Waals surface area contributed by atoms with Crippen LogP contribution >= 0.6 is 0 Å². The third kappa shape index (κ3) is 3.71. The lowest BCUT2D eigenvalue weighted by Gasteiger charge is -2.49. The monoisotopic (exact) mass is 383 g/mol. The quantitative estimate of drug-likeness (QED) is 0.830. The maximum absolute atomic E-state index is 12.6. The van der Waals surface area contributed by atoms with Gasteiger partial charge in [0.2, 0.25) is 5.91 Å². The van der Waals surface area contributed by atoms with E-state index in [9.17, 15) is 9.90 Å². The van der Waals surface area contributed by atoms with Gasteiger partial charge < -0.3 is 14.9 Å². The normalized spacial score (nSPS) is 28.3. The summed E-state index contributed by atoms with van der Waals surface area (Å²) in [6.07, 6.45) is 2.48. The first kappa shape index (κ1) is 19.2. The molecule has 6 heteroatoms. The van der Waals surface area contributed by atoms with E-state index in [1.54, 1.807) is 0 Å². The SMILES string of the molecule is Cc1noc(C)c1CN1CCC(C)(O)C(NC(=O)C2CC2)C1c1ccccc1. The second-order valence-corrected chi connectivity index (χ2v) is 8.50. The number of carbonyl (C=O) groups excluding carboxylic acids is 1. The summed E-state index contributed by atoms with van der Waals surface area (Å²) < 4.78 is 5.35. The number of carbonyl (C=O) groups is 1. The van der Waals surface area contributed by atoms with Gasteiger partial charge in [0.1, 0.15) is 5.76 Å². The molecule has 2 fully saturated rings. The number of nitrogens with zero attached hydrogens (tertiary/aromatic N) is 2. The third-order valence-electron chi connectivity index (χ3n) is 6.21. The minimum atomic E-state index is -0.972. The Morgan fingerprint density at radius 1 is 1.32 bits per heavy atom. The summed E-state index contributed by atoms with van der Waals surface area (Å²) in [5, 5.41) is 18.5. The maximum atomic E-state index is 12.6. The first-order valence-corrected chi connectivity index (χ1v) is 10.1. The van der Waals surface area contributed by atoms with Crippen molar-refractivity contribution < 1.29 is 14.4 Å². The lowest BCUT2D eigenvalue weighted by molar-refractivity contribution is -0.130. The van der Waals surface area contributed by atoms with Crippen LogP contribution in [0.15, 0.2) is 34.9 Å². The number of aryl methyl sites for hydroxylation is 2. The van der Waals surface area contributed by atoms with E-state index >= 15 is 0 Å². The molecule has 2 heterocycles. The molecule has 6 nitrogen and oxygen atoms in total. The molecule has 1 aromatic carbocycles. The number of hydrogen-bond acceptors (Lipinski definition) is 5. The highest BCUT2D eigenvalue weighted by Crippen LogP contribution is 2.39. The maximum Gasteiger partial charge on any atom is 0.223 e.